The van der Waals surface area contributed by atoms with E-state index in [1.165, 1.54) is 12.1 Å². The quantitative estimate of drug-likeness (QED) is 0.541. The van der Waals surface area contributed by atoms with Crippen LogP contribution in [0.2, 0.25) is 0 Å². The van der Waals surface area contributed by atoms with Gasteiger partial charge in [-0.05, 0) is 66.8 Å². The van der Waals surface area contributed by atoms with Crippen LogP contribution in [0.25, 0.3) is 0 Å². The second-order valence-electron chi connectivity index (χ2n) is 8.72. The molecule has 0 bridgehead atoms. The van der Waals surface area contributed by atoms with E-state index in [9.17, 15) is 14.3 Å². The van der Waals surface area contributed by atoms with Crippen molar-refractivity contribution in [3.8, 4) is 11.5 Å². The summed E-state index contributed by atoms with van der Waals surface area (Å²) in [5.41, 5.74) is 2.88. The van der Waals surface area contributed by atoms with Crippen molar-refractivity contribution in [2.75, 3.05) is 13.2 Å². The summed E-state index contributed by atoms with van der Waals surface area (Å²) in [5.74, 6) is 1.66. The number of nitrogens with zero attached hydrogens (tertiary/aromatic N) is 3. The molecule has 0 spiro atoms. The molecule has 2 atom stereocenters. The van der Waals surface area contributed by atoms with Gasteiger partial charge in [0.1, 0.15) is 23.1 Å². The summed E-state index contributed by atoms with van der Waals surface area (Å²) in [6.45, 7) is 5.01. The Hall–Kier alpha value is -3.52. The minimum absolute atomic E-state index is 0.0895. The fourth-order valence-corrected chi connectivity index (χ4v) is 3.82. The number of aromatic nitrogens is 2. The van der Waals surface area contributed by atoms with Crippen LogP contribution in [0.1, 0.15) is 42.5 Å². The van der Waals surface area contributed by atoms with Gasteiger partial charge in [0.2, 0.25) is 0 Å². The summed E-state index contributed by atoms with van der Waals surface area (Å²) in [5, 5.41) is 12.3. The number of carbonyl (C=O) groups excluding carboxylic acids is 1. The first kappa shape index (κ1) is 23.6. The second kappa shape index (κ2) is 10.6. The molecule has 2 heterocycles. The number of urea groups is 1. The lowest BCUT2D eigenvalue weighted by molar-refractivity contribution is 0.188. The van der Waals surface area contributed by atoms with Crippen molar-refractivity contribution in [2.45, 2.75) is 39.3 Å². The maximum Gasteiger partial charge on any atom is 0.318 e. The molecule has 1 aliphatic rings. The van der Waals surface area contributed by atoms with Crippen molar-refractivity contribution >= 4 is 6.03 Å². The molecule has 0 radical (unpaired) electrons. The monoisotopic (exact) mass is 464 g/mol. The Morgan fingerprint density at radius 3 is 2.50 bits per heavy atom. The third-order valence-corrected chi connectivity index (χ3v) is 5.90. The Morgan fingerprint density at radius 1 is 1.15 bits per heavy atom. The van der Waals surface area contributed by atoms with Gasteiger partial charge in [0.15, 0.2) is 0 Å². The number of amides is 2. The fraction of sp³-hybridized carbons (Fsp3) is 0.346. The largest absolute Gasteiger partial charge is 0.457 e. The zero-order valence-corrected chi connectivity index (χ0v) is 19.4. The van der Waals surface area contributed by atoms with E-state index in [2.05, 4.69) is 15.3 Å². The number of halogens is 1. The second-order valence-corrected chi connectivity index (χ2v) is 8.72. The van der Waals surface area contributed by atoms with Crippen LogP contribution in [-0.2, 0) is 19.4 Å². The van der Waals surface area contributed by atoms with E-state index in [4.69, 9.17) is 4.74 Å². The van der Waals surface area contributed by atoms with Gasteiger partial charge in [0, 0.05) is 25.8 Å². The summed E-state index contributed by atoms with van der Waals surface area (Å²) >= 11 is 0. The maximum atomic E-state index is 13.0. The Morgan fingerprint density at radius 2 is 1.82 bits per heavy atom. The normalized spacial score (nSPS) is 14.8. The summed E-state index contributed by atoms with van der Waals surface area (Å²) in [6.07, 6.45) is 3.16. The van der Waals surface area contributed by atoms with Gasteiger partial charge in [0.25, 0.3) is 0 Å². The fourth-order valence-electron chi connectivity index (χ4n) is 3.82. The molecule has 178 valence electrons. The molecule has 0 aliphatic carbocycles. The summed E-state index contributed by atoms with van der Waals surface area (Å²) in [7, 11) is 0. The van der Waals surface area contributed by atoms with Crippen LogP contribution < -0.4 is 10.1 Å². The van der Waals surface area contributed by atoms with Crippen LogP contribution in [0.5, 0.6) is 11.5 Å². The Kier molecular flexibility index (Phi) is 7.37. The number of ether oxygens (including phenoxy) is 1. The molecule has 0 saturated carbocycles. The molecule has 0 fully saturated rings. The van der Waals surface area contributed by atoms with E-state index in [0.717, 1.165) is 16.8 Å². The van der Waals surface area contributed by atoms with E-state index in [1.54, 1.807) is 17.0 Å². The lowest BCUT2D eigenvalue weighted by Crippen LogP contribution is -2.44. The number of nitrogens with one attached hydrogen (secondary N) is 1. The lowest BCUT2D eigenvalue weighted by Gasteiger charge is -2.29. The van der Waals surface area contributed by atoms with Gasteiger partial charge in [-0.1, -0.05) is 19.1 Å². The first-order valence-corrected chi connectivity index (χ1v) is 11.4. The Labute approximate surface area is 198 Å². The molecule has 2 N–H and O–H groups in total. The van der Waals surface area contributed by atoms with E-state index in [-0.39, 0.29) is 30.4 Å². The SMILES string of the molecule is C[C@@H](CO)Cc1ncc2c(n1)CN(C(=O)N[C@H](C)c1ccc(Oc3ccc(F)cc3)cc1)CC2. The van der Waals surface area contributed by atoms with Gasteiger partial charge in [-0.15, -0.1) is 0 Å². The molecule has 4 rings (SSSR count). The number of aliphatic hydroxyl groups excluding tert-OH is 1. The molecule has 34 heavy (non-hydrogen) atoms. The third-order valence-electron chi connectivity index (χ3n) is 5.90. The molecule has 1 aromatic heterocycles. The predicted octanol–water partition coefficient (Wildman–Crippen LogP) is 4.41. The minimum Gasteiger partial charge on any atom is -0.457 e. The van der Waals surface area contributed by atoms with E-state index in [1.807, 2.05) is 44.3 Å². The van der Waals surface area contributed by atoms with Crippen molar-refractivity contribution in [2.24, 2.45) is 5.92 Å². The van der Waals surface area contributed by atoms with E-state index < -0.39 is 0 Å². The minimum atomic E-state index is -0.311. The first-order valence-electron chi connectivity index (χ1n) is 11.4. The summed E-state index contributed by atoms with van der Waals surface area (Å²) in [6, 6.07) is 13.0. The van der Waals surface area contributed by atoms with Crippen LogP contribution in [-0.4, -0.2) is 39.2 Å². The van der Waals surface area contributed by atoms with Crippen molar-refractivity contribution in [1.29, 1.82) is 0 Å². The van der Waals surface area contributed by atoms with Gasteiger partial charge in [-0.3, -0.25) is 0 Å². The highest BCUT2D eigenvalue weighted by Gasteiger charge is 2.24. The first-order chi connectivity index (χ1) is 16.4. The number of fused-ring (bicyclic) bond motifs is 1. The Bertz CT molecular complexity index is 1120. The average molecular weight is 465 g/mol. The third kappa shape index (κ3) is 5.88. The smallest absolute Gasteiger partial charge is 0.318 e. The van der Waals surface area contributed by atoms with Crippen molar-refractivity contribution in [3.05, 3.63) is 83.2 Å². The average Bonchev–Trinajstić information content (AvgIpc) is 2.85. The Balaban J connectivity index is 1.34. The highest BCUT2D eigenvalue weighted by molar-refractivity contribution is 5.75. The lowest BCUT2D eigenvalue weighted by atomic mass is 10.1. The van der Waals surface area contributed by atoms with Gasteiger partial charge < -0.3 is 20.1 Å². The molecule has 2 aromatic carbocycles. The zero-order chi connectivity index (χ0) is 24.1. The van der Waals surface area contributed by atoms with Crippen LogP contribution in [0.4, 0.5) is 9.18 Å². The summed E-state index contributed by atoms with van der Waals surface area (Å²) in [4.78, 5) is 23.7. The molecular weight excluding hydrogens is 435 g/mol. The maximum absolute atomic E-state index is 13.0. The van der Waals surface area contributed by atoms with Crippen molar-refractivity contribution < 1.29 is 19.0 Å². The molecule has 1 aliphatic heterocycles. The molecular formula is C26H29FN4O3. The standard InChI is InChI=1S/C26H29FN4O3/c1-17(16-32)13-25-28-14-20-11-12-31(15-24(20)30-25)26(33)29-18(2)19-3-7-22(8-4-19)34-23-9-5-21(27)6-10-23/h3-10,14,17-18,32H,11-13,15-16H2,1-2H3,(H,29,33)/t17-,18-/m1/s1. The van der Waals surface area contributed by atoms with E-state index >= 15 is 0 Å². The van der Waals surface area contributed by atoms with Gasteiger partial charge in [0.05, 0.1) is 18.3 Å². The zero-order valence-electron chi connectivity index (χ0n) is 19.4. The summed E-state index contributed by atoms with van der Waals surface area (Å²) < 4.78 is 18.8. The van der Waals surface area contributed by atoms with Crippen molar-refractivity contribution in [1.82, 2.24) is 20.2 Å². The molecule has 8 heteroatoms. The van der Waals surface area contributed by atoms with E-state index in [0.29, 0.717) is 43.3 Å². The molecule has 2 amide bonds. The van der Waals surface area contributed by atoms with Crippen LogP contribution in [0, 0.1) is 11.7 Å². The molecule has 0 unspecified atom stereocenters. The predicted molar refractivity (Wildman–Crippen MR) is 126 cm³/mol. The number of hydrogen-bond acceptors (Lipinski definition) is 5. The number of rotatable bonds is 7. The number of benzene rings is 2. The van der Waals surface area contributed by atoms with Crippen LogP contribution >= 0.6 is 0 Å². The highest BCUT2D eigenvalue weighted by Crippen LogP contribution is 2.24. The highest BCUT2D eigenvalue weighted by atomic mass is 19.1. The number of hydrogen-bond donors (Lipinski definition) is 2. The van der Waals surface area contributed by atoms with Crippen molar-refractivity contribution in [3.63, 3.8) is 0 Å². The number of aliphatic hydroxyl groups is 1. The van der Waals surface area contributed by atoms with Gasteiger partial charge in [-0.2, -0.15) is 0 Å². The van der Waals surface area contributed by atoms with Crippen LogP contribution in [0.3, 0.4) is 0 Å². The molecule has 3 aromatic rings. The van der Waals surface area contributed by atoms with Gasteiger partial charge >= 0.3 is 6.03 Å². The van der Waals surface area contributed by atoms with Crippen LogP contribution in [0.15, 0.2) is 54.7 Å². The molecule has 0 saturated heterocycles. The topological polar surface area (TPSA) is 87.6 Å². The van der Waals surface area contributed by atoms with Gasteiger partial charge in [-0.25, -0.2) is 19.2 Å². The molecule has 7 nitrogen and oxygen atoms in total. The number of carbonyl (C=O) groups is 1.